The Morgan fingerprint density at radius 2 is 1.92 bits per heavy atom. The zero-order valence-electron chi connectivity index (χ0n) is 14.2. The summed E-state index contributed by atoms with van der Waals surface area (Å²) >= 11 is 1.33. The first kappa shape index (κ1) is 17.0. The molecule has 0 spiro atoms. The minimum atomic E-state index is -0.376. The molecule has 3 heterocycles. The van der Waals surface area contributed by atoms with Crippen LogP contribution in [0.3, 0.4) is 0 Å². The molecule has 1 aliphatic heterocycles. The molecule has 0 unspecified atom stereocenters. The minimum absolute atomic E-state index is 0.00796. The van der Waals surface area contributed by atoms with Crippen molar-refractivity contribution in [1.29, 1.82) is 0 Å². The van der Waals surface area contributed by atoms with Gasteiger partial charge in [0.15, 0.2) is 0 Å². The second kappa shape index (κ2) is 6.93. The first-order valence-corrected chi connectivity index (χ1v) is 9.35. The quantitative estimate of drug-likeness (QED) is 0.828. The number of hydrogen-bond donors (Lipinski definition) is 0. The maximum absolute atomic E-state index is 12.8. The molecule has 0 bridgehead atoms. The highest BCUT2D eigenvalue weighted by Gasteiger charge is 2.21. The molecule has 1 saturated heterocycles. The highest BCUT2D eigenvalue weighted by Crippen LogP contribution is 2.16. The normalized spacial score (nSPS) is 14.9. The highest BCUT2D eigenvalue weighted by molar-refractivity contribution is 7.17. The molecule has 0 atom stereocenters. The maximum atomic E-state index is 12.8. The Labute approximate surface area is 144 Å². The third kappa shape index (κ3) is 3.17. The first-order chi connectivity index (χ1) is 11.5. The van der Waals surface area contributed by atoms with Crippen LogP contribution < -0.4 is 11.2 Å². The number of hydrogen-bond acceptors (Lipinski definition) is 4. The van der Waals surface area contributed by atoms with Gasteiger partial charge in [-0.3, -0.25) is 18.7 Å². The summed E-state index contributed by atoms with van der Waals surface area (Å²) in [5.74, 6) is 0.353. The Bertz CT molecular complexity index is 856. The third-order valence-corrected chi connectivity index (χ3v) is 5.41. The molecule has 2 aromatic rings. The number of carbonyl (C=O) groups excluding carboxylic acids is 1. The standard InChI is InChI=1S/C17H23N3O3S/c1-12(2)5-9-19-16(22)15-13(6-10-24-15)20(17(19)23)11-14(21)18-7-3-4-8-18/h6,10,12H,3-5,7-9,11H2,1-2H3. The van der Waals surface area contributed by atoms with Crippen molar-refractivity contribution in [3.63, 3.8) is 0 Å². The molecule has 0 aromatic carbocycles. The van der Waals surface area contributed by atoms with Gasteiger partial charge < -0.3 is 4.90 Å². The van der Waals surface area contributed by atoms with Crippen LogP contribution in [0, 0.1) is 5.92 Å². The van der Waals surface area contributed by atoms with E-state index in [0.29, 0.717) is 22.7 Å². The smallest absolute Gasteiger partial charge is 0.332 e. The second-order valence-electron chi connectivity index (χ2n) is 6.73. The summed E-state index contributed by atoms with van der Waals surface area (Å²) in [6.07, 6.45) is 2.79. The van der Waals surface area contributed by atoms with Gasteiger partial charge in [0, 0.05) is 19.6 Å². The van der Waals surface area contributed by atoms with Crippen LogP contribution in [0.2, 0.25) is 0 Å². The predicted molar refractivity (Wildman–Crippen MR) is 95.6 cm³/mol. The molecule has 130 valence electrons. The van der Waals surface area contributed by atoms with Crippen molar-refractivity contribution in [2.45, 2.75) is 46.2 Å². The van der Waals surface area contributed by atoms with E-state index in [9.17, 15) is 14.4 Å². The number of rotatable bonds is 5. The maximum Gasteiger partial charge on any atom is 0.332 e. The van der Waals surface area contributed by atoms with Crippen LogP contribution in [0.15, 0.2) is 21.0 Å². The number of carbonyl (C=O) groups is 1. The van der Waals surface area contributed by atoms with Crippen molar-refractivity contribution in [2.75, 3.05) is 13.1 Å². The van der Waals surface area contributed by atoms with E-state index in [4.69, 9.17) is 0 Å². The van der Waals surface area contributed by atoms with Crippen LogP contribution in [-0.4, -0.2) is 33.0 Å². The number of fused-ring (bicyclic) bond motifs is 1. The summed E-state index contributed by atoms with van der Waals surface area (Å²) in [5, 5.41) is 1.80. The summed E-state index contributed by atoms with van der Waals surface area (Å²) in [6.45, 7) is 6.03. The average molecular weight is 349 g/mol. The van der Waals surface area contributed by atoms with Crippen molar-refractivity contribution >= 4 is 27.5 Å². The van der Waals surface area contributed by atoms with E-state index >= 15 is 0 Å². The second-order valence-corrected chi connectivity index (χ2v) is 7.65. The molecule has 1 aliphatic rings. The van der Waals surface area contributed by atoms with Gasteiger partial charge in [0.2, 0.25) is 5.91 Å². The van der Waals surface area contributed by atoms with Gasteiger partial charge in [-0.2, -0.15) is 0 Å². The zero-order valence-corrected chi connectivity index (χ0v) is 15.0. The SMILES string of the molecule is CC(C)CCn1c(=O)c2sccc2n(CC(=O)N2CCCC2)c1=O. The monoisotopic (exact) mass is 349 g/mol. The summed E-state index contributed by atoms with van der Waals surface area (Å²) in [6, 6.07) is 1.76. The molecule has 0 radical (unpaired) electrons. The van der Waals surface area contributed by atoms with E-state index in [-0.39, 0.29) is 23.7 Å². The van der Waals surface area contributed by atoms with E-state index in [1.807, 2.05) is 0 Å². The fourth-order valence-electron chi connectivity index (χ4n) is 3.07. The van der Waals surface area contributed by atoms with Gasteiger partial charge in [0.1, 0.15) is 11.2 Å². The molecule has 1 fully saturated rings. The number of likely N-dealkylation sites (tertiary alicyclic amines) is 1. The number of thiophene rings is 1. The van der Waals surface area contributed by atoms with E-state index in [1.54, 1.807) is 16.3 Å². The van der Waals surface area contributed by atoms with Crippen LogP contribution in [0.4, 0.5) is 0 Å². The Morgan fingerprint density at radius 1 is 1.21 bits per heavy atom. The van der Waals surface area contributed by atoms with Crippen molar-refractivity contribution in [1.82, 2.24) is 14.0 Å². The summed E-state index contributed by atoms with van der Waals surface area (Å²) in [4.78, 5) is 39.7. The fourth-order valence-corrected chi connectivity index (χ4v) is 3.92. The molecule has 2 aromatic heterocycles. The van der Waals surface area contributed by atoms with Crippen molar-refractivity contribution in [3.05, 3.63) is 32.3 Å². The largest absolute Gasteiger partial charge is 0.341 e. The van der Waals surface area contributed by atoms with E-state index in [0.717, 1.165) is 32.4 Å². The van der Waals surface area contributed by atoms with E-state index < -0.39 is 0 Å². The molecule has 3 rings (SSSR count). The highest BCUT2D eigenvalue weighted by atomic mass is 32.1. The van der Waals surface area contributed by atoms with Gasteiger partial charge in [-0.1, -0.05) is 13.8 Å². The van der Waals surface area contributed by atoms with Crippen LogP contribution >= 0.6 is 11.3 Å². The van der Waals surface area contributed by atoms with E-state index in [1.165, 1.54) is 20.5 Å². The van der Waals surface area contributed by atoms with Crippen LogP contribution in [0.1, 0.15) is 33.1 Å². The van der Waals surface area contributed by atoms with Gasteiger partial charge in [0.05, 0.1) is 5.52 Å². The zero-order chi connectivity index (χ0) is 17.3. The lowest BCUT2D eigenvalue weighted by Crippen LogP contribution is -2.42. The van der Waals surface area contributed by atoms with Gasteiger partial charge in [-0.15, -0.1) is 11.3 Å². The van der Waals surface area contributed by atoms with Gasteiger partial charge >= 0.3 is 5.69 Å². The molecule has 7 heteroatoms. The average Bonchev–Trinajstić information content (AvgIpc) is 3.22. The third-order valence-electron chi connectivity index (χ3n) is 4.52. The van der Waals surface area contributed by atoms with Crippen LogP contribution in [-0.2, 0) is 17.9 Å². The van der Waals surface area contributed by atoms with Gasteiger partial charge in [-0.25, -0.2) is 4.79 Å². The lowest BCUT2D eigenvalue weighted by molar-refractivity contribution is -0.130. The molecule has 0 aliphatic carbocycles. The molecule has 0 N–H and O–H groups in total. The van der Waals surface area contributed by atoms with Crippen LogP contribution in [0.5, 0.6) is 0 Å². The molecule has 24 heavy (non-hydrogen) atoms. The topological polar surface area (TPSA) is 64.3 Å². The van der Waals surface area contributed by atoms with Crippen molar-refractivity contribution in [3.8, 4) is 0 Å². The lowest BCUT2D eigenvalue weighted by Gasteiger charge is -2.17. The molecular weight excluding hydrogens is 326 g/mol. The van der Waals surface area contributed by atoms with Gasteiger partial charge in [0.25, 0.3) is 5.56 Å². The Kier molecular flexibility index (Phi) is 4.89. The van der Waals surface area contributed by atoms with Gasteiger partial charge in [-0.05, 0) is 36.6 Å². The summed E-state index contributed by atoms with van der Waals surface area (Å²) < 4.78 is 3.30. The Balaban J connectivity index is 2.02. The summed E-state index contributed by atoms with van der Waals surface area (Å²) in [7, 11) is 0. The molecular formula is C17H23N3O3S. The van der Waals surface area contributed by atoms with Crippen molar-refractivity contribution in [2.24, 2.45) is 5.92 Å². The summed E-state index contributed by atoms with van der Waals surface area (Å²) in [5.41, 5.74) is -0.0436. The van der Waals surface area contributed by atoms with Crippen LogP contribution in [0.25, 0.3) is 10.2 Å². The Morgan fingerprint density at radius 3 is 2.58 bits per heavy atom. The van der Waals surface area contributed by atoms with Crippen molar-refractivity contribution < 1.29 is 4.79 Å². The number of aromatic nitrogens is 2. The first-order valence-electron chi connectivity index (χ1n) is 8.47. The molecule has 0 saturated carbocycles. The van der Waals surface area contributed by atoms with E-state index in [2.05, 4.69) is 13.8 Å². The minimum Gasteiger partial charge on any atom is -0.341 e. The predicted octanol–water partition coefficient (Wildman–Crippen LogP) is 1.89. The number of nitrogens with zero attached hydrogens (tertiary/aromatic N) is 3. The lowest BCUT2D eigenvalue weighted by atomic mass is 10.1. The fraction of sp³-hybridized carbons (Fsp3) is 0.588. The molecule has 6 nitrogen and oxygen atoms in total. The molecule has 1 amide bonds. The Hall–Kier alpha value is -1.89. The number of amides is 1.